The summed E-state index contributed by atoms with van der Waals surface area (Å²) in [5.74, 6) is 2.55. The summed E-state index contributed by atoms with van der Waals surface area (Å²) < 4.78 is 21.4. The highest BCUT2D eigenvalue weighted by atomic mass is 16.6. The number of ether oxygens (including phenoxy) is 4. The molecule has 1 atom stereocenters. The summed E-state index contributed by atoms with van der Waals surface area (Å²) >= 11 is 0. The molecule has 0 spiro atoms. The van der Waals surface area contributed by atoms with Gasteiger partial charge in [0, 0.05) is 6.61 Å². The van der Waals surface area contributed by atoms with Crippen LogP contribution < -0.4 is 0 Å². The van der Waals surface area contributed by atoms with Gasteiger partial charge < -0.3 is 18.9 Å². The normalized spacial score (nSPS) is 20.2. The molecule has 0 N–H and O–H groups in total. The third kappa shape index (κ3) is 15.7. The lowest BCUT2D eigenvalue weighted by Gasteiger charge is -2.27. The summed E-state index contributed by atoms with van der Waals surface area (Å²) in [4.78, 5) is 12.3. The Morgan fingerprint density at radius 2 is 1.35 bits per heavy atom. The molecule has 0 aromatic rings. The summed E-state index contributed by atoms with van der Waals surface area (Å²) in [5.41, 5.74) is 0. The van der Waals surface area contributed by atoms with Gasteiger partial charge in [0.2, 0.25) is 0 Å². The molecule has 0 aromatic heterocycles. The molecule has 1 fully saturated rings. The van der Waals surface area contributed by atoms with Gasteiger partial charge in [-0.15, -0.1) is 0 Å². The number of hydrogen-bond donors (Lipinski definition) is 0. The Bertz CT molecular complexity index is 418. The zero-order chi connectivity index (χ0) is 22.7. The molecule has 31 heavy (non-hydrogen) atoms. The van der Waals surface area contributed by atoms with Gasteiger partial charge in [-0.25, -0.2) is 0 Å². The largest absolute Gasteiger partial charge is 0.463 e. The van der Waals surface area contributed by atoms with Gasteiger partial charge in [0.15, 0.2) is 0 Å². The molecule has 0 saturated heterocycles. The quantitative estimate of drug-likeness (QED) is 0.180. The van der Waals surface area contributed by atoms with Gasteiger partial charge in [-0.05, 0) is 50.4 Å². The van der Waals surface area contributed by atoms with Crippen molar-refractivity contribution in [2.75, 3.05) is 46.2 Å². The van der Waals surface area contributed by atoms with E-state index in [9.17, 15) is 4.79 Å². The van der Waals surface area contributed by atoms with Crippen molar-refractivity contribution < 1.29 is 23.7 Å². The molecule has 1 rings (SSSR count). The maximum atomic E-state index is 12.3. The van der Waals surface area contributed by atoms with Crippen LogP contribution in [0.4, 0.5) is 0 Å². The van der Waals surface area contributed by atoms with E-state index in [0.29, 0.717) is 46.2 Å². The Labute approximate surface area is 191 Å². The molecule has 0 radical (unpaired) electrons. The maximum absolute atomic E-state index is 12.3. The summed E-state index contributed by atoms with van der Waals surface area (Å²) in [7, 11) is 0. The monoisotopic (exact) mass is 442 g/mol. The van der Waals surface area contributed by atoms with Gasteiger partial charge in [0.25, 0.3) is 0 Å². The highest BCUT2D eigenvalue weighted by molar-refractivity contribution is 5.72. The third-order valence-electron chi connectivity index (χ3n) is 6.39. The van der Waals surface area contributed by atoms with Crippen molar-refractivity contribution in [3.8, 4) is 0 Å². The lowest BCUT2D eigenvalue weighted by atomic mass is 9.79. The van der Waals surface area contributed by atoms with Crippen LogP contribution in [0.5, 0.6) is 0 Å². The van der Waals surface area contributed by atoms with Gasteiger partial charge in [0.05, 0.1) is 39.0 Å². The van der Waals surface area contributed by atoms with Crippen LogP contribution in [0, 0.1) is 23.7 Å². The van der Waals surface area contributed by atoms with Crippen molar-refractivity contribution in [2.24, 2.45) is 23.7 Å². The smallest absolute Gasteiger partial charge is 0.309 e. The fourth-order valence-electron chi connectivity index (χ4n) is 4.36. The molecular weight excluding hydrogens is 392 g/mol. The van der Waals surface area contributed by atoms with Gasteiger partial charge in [-0.2, -0.15) is 0 Å². The second kappa shape index (κ2) is 18.9. The molecule has 1 aliphatic rings. The lowest BCUT2D eigenvalue weighted by molar-refractivity contribution is -0.151. The highest BCUT2D eigenvalue weighted by Crippen LogP contribution is 2.33. The van der Waals surface area contributed by atoms with E-state index in [1.807, 2.05) is 6.92 Å². The van der Waals surface area contributed by atoms with Crippen LogP contribution in [-0.4, -0.2) is 52.2 Å². The minimum absolute atomic E-state index is 0.0335. The predicted molar refractivity (Wildman–Crippen MR) is 126 cm³/mol. The minimum atomic E-state index is -0.0335. The van der Waals surface area contributed by atoms with Crippen molar-refractivity contribution >= 4 is 5.97 Å². The first kappa shape index (κ1) is 28.4. The Kier molecular flexibility index (Phi) is 17.3. The molecule has 0 amide bonds. The highest BCUT2D eigenvalue weighted by Gasteiger charge is 2.27. The van der Waals surface area contributed by atoms with E-state index in [0.717, 1.165) is 30.6 Å². The van der Waals surface area contributed by atoms with Crippen molar-refractivity contribution in [3.63, 3.8) is 0 Å². The molecule has 0 bridgehead atoms. The second-order valence-electron chi connectivity index (χ2n) is 9.67. The maximum Gasteiger partial charge on any atom is 0.309 e. The Morgan fingerprint density at radius 1 is 0.774 bits per heavy atom. The average Bonchev–Trinajstić information content (AvgIpc) is 2.75. The average molecular weight is 443 g/mol. The van der Waals surface area contributed by atoms with Crippen molar-refractivity contribution in [3.05, 3.63) is 0 Å². The van der Waals surface area contributed by atoms with Gasteiger partial charge >= 0.3 is 5.97 Å². The molecule has 5 heteroatoms. The molecule has 1 aliphatic carbocycles. The summed E-state index contributed by atoms with van der Waals surface area (Å²) in [6.07, 6.45) is 12.5. The minimum Gasteiger partial charge on any atom is -0.463 e. The van der Waals surface area contributed by atoms with Crippen LogP contribution in [0.2, 0.25) is 0 Å². The van der Waals surface area contributed by atoms with E-state index in [4.69, 9.17) is 18.9 Å². The fraction of sp³-hybridized carbons (Fsp3) is 0.962. The Morgan fingerprint density at radius 3 is 1.97 bits per heavy atom. The predicted octanol–water partition coefficient (Wildman–Crippen LogP) is 6.04. The topological polar surface area (TPSA) is 54.0 Å². The van der Waals surface area contributed by atoms with Gasteiger partial charge in [0.1, 0.15) is 6.61 Å². The SMILES string of the molecule is CCOCCOCCOCCOC(=O)C1CCC(CCCC(C)CCCC(C)C)CC1. The van der Waals surface area contributed by atoms with Crippen LogP contribution in [-0.2, 0) is 23.7 Å². The zero-order valence-corrected chi connectivity index (χ0v) is 20.9. The van der Waals surface area contributed by atoms with E-state index in [-0.39, 0.29) is 11.9 Å². The van der Waals surface area contributed by atoms with Gasteiger partial charge in [-0.1, -0.05) is 59.3 Å². The van der Waals surface area contributed by atoms with Crippen molar-refractivity contribution in [1.82, 2.24) is 0 Å². The van der Waals surface area contributed by atoms with Crippen molar-refractivity contribution in [2.45, 2.75) is 91.9 Å². The standard InChI is InChI=1S/C26H50O5/c1-5-28-16-17-29-18-19-30-20-21-31-26(27)25-14-12-24(13-15-25)11-7-10-23(4)9-6-8-22(2)3/h22-25H,5-21H2,1-4H3. The van der Waals surface area contributed by atoms with Crippen LogP contribution in [0.15, 0.2) is 0 Å². The summed E-state index contributed by atoms with van der Waals surface area (Å²) in [5, 5.41) is 0. The first-order valence-electron chi connectivity index (χ1n) is 12.9. The molecule has 1 saturated carbocycles. The van der Waals surface area contributed by atoms with Crippen LogP contribution >= 0.6 is 0 Å². The number of carbonyl (C=O) groups is 1. The molecule has 5 nitrogen and oxygen atoms in total. The molecule has 1 unspecified atom stereocenters. The van der Waals surface area contributed by atoms with E-state index >= 15 is 0 Å². The third-order valence-corrected chi connectivity index (χ3v) is 6.39. The van der Waals surface area contributed by atoms with Crippen LogP contribution in [0.25, 0.3) is 0 Å². The molecule has 0 aromatic carbocycles. The van der Waals surface area contributed by atoms with Crippen LogP contribution in [0.1, 0.15) is 91.9 Å². The van der Waals surface area contributed by atoms with Crippen LogP contribution in [0.3, 0.4) is 0 Å². The number of carbonyl (C=O) groups excluding carboxylic acids is 1. The number of rotatable bonds is 19. The molecule has 184 valence electrons. The Hall–Kier alpha value is -0.650. The van der Waals surface area contributed by atoms with E-state index < -0.39 is 0 Å². The zero-order valence-electron chi connectivity index (χ0n) is 20.9. The molecule has 0 aliphatic heterocycles. The first-order valence-corrected chi connectivity index (χ1v) is 12.9. The molecule has 0 heterocycles. The fourth-order valence-corrected chi connectivity index (χ4v) is 4.36. The summed E-state index contributed by atoms with van der Waals surface area (Å²) in [6, 6.07) is 0. The lowest BCUT2D eigenvalue weighted by Crippen LogP contribution is -2.25. The van der Waals surface area contributed by atoms with E-state index in [1.54, 1.807) is 0 Å². The first-order chi connectivity index (χ1) is 15.0. The van der Waals surface area contributed by atoms with E-state index in [2.05, 4.69) is 20.8 Å². The summed E-state index contributed by atoms with van der Waals surface area (Å²) in [6.45, 7) is 12.8. The van der Waals surface area contributed by atoms with Crippen molar-refractivity contribution in [1.29, 1.82) is 0 Å². The van der Waals surface area contributed by atoms with E-state index in [1.165, 1.54) is 51.4 Å². The number of hydrogen-bond acceptors (Lipinski definition) is 5. The van der Waals surface area contributed by atoms with Gasteiger partial charge in [-0.3, -0.25) is 4.79 Å². The Balaban J connectivity index is 1.96. The molecular formula is C26H50O5. The second-order valence-corrected chi connectivity index (χ2v) is 9.67. The number of esters is 1.